The lowest BCUT2D eigenvalue weighted by molar-refractivity contribution is 0.415. The van der Waals surface area contributed by atoms with Gasteiger partial charge in [-0.05, 0) is 49.6 Å². The van der Waals surface area contributed by atoms with E-state index in [2.05, 4.69) is 15.4 Å². The minimum absolute atomic E-state index is 0.269. The van der Waals surface area contributed by atoms with Gasteiger partial charge in [-0.25, -0.2) is 8.42 Å². The van der Waals surface area contributed by atoms with Gasteiger partial charge in [-0.2, -0.15) is 5.26 Å². The average Bonchev–Trinajstić information content (AvgIpc) is 3.51. The predicted octanol–water partition coefficient (Wildman–Crippen LogP) is 4.11. The minimum atomic E-state index is -3.29. The van der Waals surface area contributed by atoms with Gasteiger partial charge >= 0.3 is 0 Å². The van der Waals surface area contributed by atoms with Crippen LogP contribution in [0.3, 0.4) is 0 Å². The Labute approximate surface area is 164 Å². The first-order chi connectivity index (χ1) is 13.5. The summed E-state index contributed by atoms with van der Waals surface area (Å²) < 4.78 is 34.3. The van der Waals surface area contributed by atoms with E-state index in [1.807, 2.05) is 37.3 Å². The molecule has 4 rings (SSSR count). The number of nitrogens with zero attached hydrogens (tertiary/aromatic N) is 2. The topological polar surface area (TPSA) is 84.1 Å². The van der Waals surface area contributed by atoms with Crippen LogP contribution in [0.5, 0.6) is 5.75 Å². The third kappa shape index (κ3) is 3.10. The van der Waals surface area contributed by atoms with Gasteiger partial charge in [0.1, 0.15) is 11.8 Å². The van der Waals surface area contributed by atoms with Crippen molar-refractivity contribution in [1.29, 1.82) is 5.26 Å². The molecule has 1 heterocycles. The van der Waals surface area contributed by atoms with Gasteiger partial charge < -0.3 is 9.30 Å². The normalized spacial score (nSPS) is 14.0. The number of ether oxygens (including phenoxy) is 1. The molecule has 0 bridgehead atoms. The predicted molar refractivity (Wildman–Crippen MR) is 110 cm³/mol. The Hall–Kier alpha value is -2.98. The summed E-state index contributed by atoms with van der Waals surface area (Å²) in [6.07, 6.45) is 1.44. The Morgan fingerprint density at radius 3 is 2.50 bits per heavy atom. The molecule has 0 atom stereocenters. The number of aromatic nitrogens is 1. The van der Waals surface area contributed by atoms with Gasteiger partial charge in [0.25, 0.3) is 0 Å². The van der Waals surface area contributed by atoms with Crippen molar-refractivity contribution < 1.29 is 13.2 Å². The smallest absolute Gasteiger partial charge is 0.235 e. The Balaban J connectivity index is 1.79. The molecule has 7 heteroatoms. The van der Waals surface area contributed by atoms with Crippen molar-refractivity contribution in [2.24, 2.45) is 0 Å². The summed E-state index contributed by atoms with van der Waals surface area (Å²) >= 11 is 0. The summed E-state index contributed by atoms with van der Waals surface area (Å²) in [5, 5.41) is 10.4. The molecule has 6 nitrogen and oxygen atoms in total. The van der Waals surface area contributed by atoms with Crippen molar-refractivity contribution in [2.45, 2.75) is 31.6 Å². The third-order valence-corrected chi connectivity index (χ3v) is 6.95. The van der Waals surface area contributed by atoms with Crippen molar-refractivity contribution in [1.82, 2.24) is 4.57 Å². The quantitative estimate of drug-likeness (QED) is 0.681. The minimum Gasteiger partial charge on any atom is -0.497 e. The fourth-order valence-electron chi connectivity index (χ4n) is 3.52. The van der Waals surface area contributed by atoms with E-state index in [-0.39, 0.29) is 5.25 Å². The zero-order chi connectivity index (χ0) is 19.9. The summed E-state index contributed by atoms with van der Waals surface area (Å²) in [4.78, 5) is 0. The molecule has 1 aliphatic rings. The van der Waals surface area contributed by atoms with Gasteiger partial charge in [-0.1, -0.05) is 12.1 Å². The van der Waals surface area contributed by atoms with Crippen LogP contribution in [-0.4, -0.2) is 25.3 Å². The molecular weight excluding hydrogens is 374 g/mol. The second kappa shape index (κ2) is 6.88. The highest BCUT2D eigenvalue weighted by Crippen LogP contribution is 2.36. The molecule has 0 amide bonds. The first-order valence-electron chi connectivity index (χ1n) is 9.21. The van der Waals surface area contributed by atoms with Gasteiger partial charge in [0.05, 0.1) is 29.1 Å². The third-order valence-electron chi connectivity index (χ3n) is 5.08. The molecule has 0 unspecified atom stereocenters. The fraction of sp³-hybridized carbons (Fsp3) is 0.286. The van der Waals surface area contributed by atoms with Gasteiger partial charge in [0.2, 0.25) is 10.0 Å². The van der Waals surface area contributed by atoms with Crippen molar-refractivity contribution >= 4 is 26.6 Å². The molecule has 1 N–H and O–H groups in total. The summed E-state index contributed by atoms with van der Waals surface area (Å²) in [6.45, 7) is 2.72. The maximum absolute atomic E-state index is 12.1. The summed E-state index contributed by atoms with van der Waals surface area (Å²) in [7, 11) is -1.67. The average molecular weight is 395 g/mol. The standard InChI is InChI=1S/C21H21N3O3S/c1-3-24-20-12-16(27-2)8-11-18(20)19(13-22)21(24)14-4-6-15(7-5-14)23-28(25,26)17-9-10-17/h4-8,11-12,17,23H,3,9-10H2,1-2H3. The van der Waals surface area contributed by atoms with Crippen LogP contribution in [0.25, 0.3) is 22.2 Å². The van der Waals surface area contributed by atoms with Crippen LogP contribution in [0, 0.1) is 11.3 Å². The van der Waals surface area contributed by atoms with Crippen LogP contribution in [-0.2, 0) is 16.6 Å². The fourth-order valence-corrected chi connectivity index (χ4v) is 4.91. The van der Waals surface area contributed by atoms with Crippen LogP contribution in [0.1, 0.15) is 25.3 Å². The second-order valence-electron chi connectivity index (χ2n) is 6.89. The number of nitrogens with one attached hydrogen (secondary N) is 1. The number of hydrogen-bond acceptors (Lipinski definition) is 4. The van der Waals surface area contributed by atoms with Gasteiger partial charge in [0, 0.05) is 23.7 Å². The molecule has 1 aliphatic carbocycles. The first-order valence-corrected chi connectivity index (χ1v) is 10.8. The molecule has 0 saturated heterocycles. The number of methoxy groups -OCH3 is 1. The number of benzene rings is 2. The number of nitriles is 1. The monoisotopic (exact) mass is 395 g/mol. The Kier molecular flexibility index (Phi) is 4.52. The van der Waals surface area contributed by atoms with Gasteiger partial charge in [-0.15, -0.1) is 0 Å². The lowest BCUT2D eigenvalue weighted by Crippen LogP contribution is -2.17. The Morgan fingerprint density at radius 1 is 1.21 bits per heavy atom. The van der Waals surface area contributed by atoms with Crippen molar-refractivity contribution in [3.63, 3.8) is 0 Å². The molecule has 0 aliphatic heterocycles. The van der Waals surface area contributed by atoms with Crippen molar-refractivity contribution in [2.75, 3.05) is 11.8 Å². The van der Waals surface area contributed by atoms with E-state index in [1.54, 1.807) is 19.2 Å². The lowest BCUT2D eigenvalue weighted by atomic mass is 10.1. The molecular formula is C21H21N3O3S. The zero-order valence-corrected chi connectivity index (χ0v) is 16.6. The zero-order valence-electron chi connectivity index (χ0n) is 15.8. The van der Waals surface area contributed by atoms with Crippen LogP contribution in [0.4, 0.5) is 5.69 Å². The number of anilines is 1. The van der Waals surface area contributed by atoms with Crippen LogP contribution >= 0.6 is 0 Å². The summed E-state index contributed by atoms with van der Waals surface area (Å²) in [6, 6.07) is 15.2. The number of rotatable bonds is 6. The molecule has 0 radical (unpaired) electrons. The van der Waals surface area contributed by atoms with Crippen molar-refractivity contribution in [3.8, 4) is 23.1 Å². The lowest BCUT2D eigenvalue weighted by Gasteiger charge is -2.11. The van der Waals surface area contributed by atoms with E-state index < -0.39 is 10.0 Å². The summed E-state index contributed by atoms with van der Waals surface area (Å²) in [5.74, 6) is 0.737. The van der Waals surface area contributed by atoms with E-state index >= 15 is 0 Å². The maximum Gasteiger partial charge on any atom is 0.235 e. The van der Waals surface area contributed by atoms with E-state index in [9.17, 15) is 13.7 Å². The number of fused-ring (bicyclic) bond motifs is 1. The number of aryl methyl sites for hydroxylation is 1. The van der Waals surface area contributed by atoms with Crippen molar-refractivity contribution in [3.05, 3.63) is 48.0 Å². The van der Waals surface area contributed by atoms with Gasteiger partial charge in [0.15, 0.2) is 0 Å². The SMILES string of the molecule is CCn1c(-c2ccc(NS(=O)(=O)C3CC3)cc2)c(C#N)c2ccc(OC)cc21. The van der Waals surface area contributed by atoms with Crippen LogP contribution < -0.4 is 9.46 Å². The van der Waals surface area contributed by atoms with Crippen LogP contribution in [0.2, 0.25) is 0 Å². The van der Waals surface area contributed by atoms with E-state index in [0.717, 1.165) is 40.8 Å². The van der Waals surface area contributed by atoms with E-state index in [0.29, 0.717) is 17.8 Å². The molecule has 1 aromatic heterocycles. The molecule has 1 saturated carbocycles. The highest BCUT2D eigenvalue weighted by Gasteiger charge is 2.35. The molecule has 1 fully saturated rings. The van der Waals surface area contributed by atoms with E-state index in [4.69, 9.17) is 4.74 Å². The van der Waals surface area contributed by atoms with Crippen LogP contribution in [0.15, 0.2) is 42.5 Å². The largest absolute Gasteiger partial charge is 0.497 e. The Morgan fingerprint density at radius 2 is 1.93 bits per heavy atom. The first kappa shape index (κ1) is 18.4. The maximum atomic E-state index is 12.1. The molecule has 2 aromatic carbocycles. The Bertz CT molecular complexity index is 1180. The molecule has 3 aromatic rings. The number of hydrogen-bond donors (Lipinski definition) is 1. The molecule has 28 heavy (non-hydrogen) atoms. The number of sulfonamides is 1. The molecule has 144 valence electrons. The van der Waals surface area contributed by atoms with E-state index in [1.165, 1.54) is 0 Å². The second-order valence-corrected chi connectivity index (χ2v) is 8.85. The summed E-state index contributed by atoms with van der Waals surface area (Å²) in [5.41, 5.74) is 3.76. The highest BCUT2D eigenvalue weighted by atomic mass is 32.2. The molecule has 0 spiro atoms. The highest BCUT2D eigenvalue weighted by molar-refractivity contribution is 7.93. The van der Waals surface area contributed by atoms with Gasteiger partial charge in [-0.3, -0.25) is 4.72 Å².